The van der Waals surface area contributed by atoms with Gasteiger partial charge in [0.1, 0.15) is 18.1 Å². The van der Waals surface area contributed by atoms with Gasteiger partial charge in [-0.25, -0.2) is 4.68 Å². The molecular formula is C25H25ClN6O4S. The summed E-state index contributed by atoms with van der Waals surface area (Å²) >= 11 is 7.11. The smallest absolute Gasteiger partial charge is 0.261 e. The summed E-state index contributed by atoms with van der Waals surface area (Å²) in [4.78, 5) is 30.3. The van der Waals surface area contributed by atoms with E-state index in [1.807, 2.05) is 24.3 Å². The summed E-state index contributed by atoms with van der Waals surface area (Å²) in [6.45, 7) is 4.87. The van der Waals surface area contributed by atoms with Gasteiger partial charge in [-0.3, -0.25) is 14.5 Å². The number of benzene rings is 1. The highest BCUT2D eigenvalue weighted by atomic mass is 35.5. The monoisotopic (exact) mass is 540 g/mol. The van der Waals surface area contributed by atoms with Crippen LogP contribution >= 0.6 is 22.9 Å². The van der Waals surface area contributed by atoms with E-state index in [0.29, 0.717) is 32.8 Å². The van der Waals surface area contributed by atoms with Gasteiger partial charge in [0.15, 0.2) is 0 Å². The number of morpholine rings is 1. The van der Waals surface area contributed by atoms with Crippen LogP contribution < -0.4 is 15.6 Å². The number of amides is 1. The van der Waals surface area contributed by atoms with E-state index < -0.39 is 0 Å². The average molecular weight is 541 g/mol. The molecule has 0 aliphatic carbocycles. The maximum absolute atomic E-state index is 12.5. The van der Waals surface area contributed by atoms with Gasteiger partial charge in [-0.2, -0.15) is 0 Å². The minimum absolute atomic E-state index is 0.195. The second-order valence-electron chi connectivity index (χ2n) is 8.37. The molecule has 0 spiro atoms. The van der Waals surface area contributed by atoms with Crippen LogP contribution in [0.25, 0.3) is 16.8 Å². The summed E-state index contributed by atoms with van der Waals surface area (Å²) in [5.74, 6) is 0.396. The first-order chi connectivity index (χ1) is 18.0. The molecule has 37 heavy (non-hydrogen) atoms. The van der Waals surface area contributed by atoms with E-state index in [4.69, 9.17) is 21.1 Å². The molecule has 1 aromatic carbocycles. The van der Waals surface area contributed by atoms with E-state index >= 15 is 0 Å². The normalized spacial score (nSPS) is 14.0. The summed E-state index contributed by atoms with van der Waals surface area (Å²) in [5, 5.41) is 11.1. The molecule has 4 heterocycles. The number of nitrogens with zero attached hydrogens (tertiary/aromatic N) is 4. The number of carbonyl (C=O) groups excluding carboxylic acids is 1. The van der Waals surface area contributed by atoms with Crippen molar-refractivity contribution in [2.75, 3.05) is 39.5 Å². The van der Waals surface area contributed by atoms with Crippen LogP contribution in [-0.2, 0) is 11.3 Å². The molecule has 4 aromatic rings. The largest absolute Gasteiger partial charge is 0.491 e. The predicted molar refractivity (Wildman–Crippen MR) is 141 cm³/mol. The lowest BCUT2D eigenvalue weighted by Gasteiger charge is -2.26. The van der Waals surface area contributed by atoms with Crippen LogP contribution in [-0.4, -0.2) is 70.2 Å². The predicted octanol–water partition coefficient (Wildman–Crippen LogP) is 2.98. The minimum Gasteiger partial charge on any atom is -0.491 e. The number of pyridine rings is 1. The third kappa shape index (κ3) is 6.44. The molecule has 0 saturated carbocycles. The van der Waals surface area contributed by atoms with Gasteiger partial charge in [-0.05, 0) is 35.9 Å². The van der Waals surface area contributed by atoms with E-state index in [9.17, 15) is 9.59 Å². The van der Waals surface area contributed by atoms with E-state index in [1.54, 1.807) is 35.3 Å². The molecule has 0 atom stereocenters. The summed E-state index contributed by atoms with van der Waals surface area (Å²) < 4.78 is 13.4. The lowest BCUT2D eigenvalue weighted by atomic mass is 10.1. The number of H-pyrrole nitrogens is 1. The Hall–Kier alpha value is -3.51. The molecule has 0 radical (unpaired) electrons. The number of aromatic nitrogens is 4. The zero-order valence-corrected chi connectivity index (χ0v) is 21.4. The van der Waals surface area contributed by atoms with Crippen LogP contribution in [0.4, 0.5) is 0 Å². The van der Waals surface area contributed by atoms with Crippen molar-refractivity contribution in [1.29, 1.82) is 0 Å². The van der Waals surface area contributed by atoms with Crippen molar-refractivity contribution < 1.29 is 14.3 Å². The fraction of sp³-hybridized carbons (Fsp3) is 0.280. The SMILES string of the molecule is O=C(NCc1cn(-c2ccc(-c3cc(OCCN4CCOCC4)c[nH]c3=O)cc2)nn1)c1ccc(Cl)s1. The topological polar surface area (TPSA) is 114 Å². The molecule has 3 aromatic heterocycles. The molecule has 1 amide bonds. The highest BCUT2D eigenvalue weighted by Crippen LogP contribution is 2.22. The van der Waals surface area contributed by atoms with Crippen LogP contribution in [0.15, 0.2) is 59.7 Å². The van der Waals surface area contributed by atoms with E-state index in [2.05, 4.69) is 25.5 Å². The molecule has 10 nitrogen and oxygen atoms in total. The third-order valence-electron chi connectivity index (χ3n) is 5.87. The van der Waals surface area contributed by atoms with Crippen LogP contribution in [0, 0.1) is 0 Å². The highest BCUT2D eigenvalue weighted by molar-refractivity contribution is 7.17. The molecule has 1 fully saturated rings. The van der Waals surface area contributed by atoms with Crippen LogP contribution in [0.5, 0.6) is 5.75 Å². The number of ether oxygens (including phenoxy) is 2. The fourth-order valence-corrected chi connectivity index (χ4v) is 4.83. The molecule has 5 rings (SSSR count). The first-order valence-electron chi connectivity index (χ1n) is 11.8. The Balaban J connectivity index is 1.20. The molecule has 1 aliphatic rings. The van der Waals surface area contributed by atoms with Crippen molar-refractivity contribution in [2.45, 2.75) is 6.54 Å². The number of aromatic amines is 1. The van der Waals surface area contributed by atoms with Gasteiger partial charge < -0.3 is 19.8 Å². The number of rotatable bonds is 9. The van der Waals surface area contributed by atoms with Gasteiger partial charge in [0.2, 0.25) is 0 Å². The molecule has 2 N–H and O–H groups in total. The average Bonchev–Trinajstić information content (AvgIpc) is 3.58. The molecule has 0 bridgehead atoms. The maximum Gasteiger partial charge on any atom is 0.261 e. The van der Waals surface area contributed by atoms with Crippen LogP contribution in [0.3, 0.4) is 0 Å². The van der Waals surface area contributed by atoms with Gasteiger partial charge >= 0.3 is 0 Å². The number of halogens is 1. The number of hydrogen-bond donors (Lipinski definition) is 2. The van der Waals surface area contributed by atoms with Crippen molar-refractivity contribution in [3.05, 3.63) is 80.1 Å². The Morgan fingerprint density at radius 1 is 1.19 bits per heavy atom. The van der Waals surface area contributed by atoms with Gasteiger partial charge in [0.05, 0.1) is 46.4 Å². The first kappa shape index (κ1) is 25.2. The quantitative estimate of drug-likeness (QED) is 0.335. The summed E-state index contributed by atoms with van der Waals surface area (Å²) in [6, 6.07) is 12.5. The first-order valence-corrected chi connectivity index (χ1v) is 13.0. The van der Waals surface area contributed by atoms with E-state index in [0.717, 1.165) is 44.1 Å². The zero-order valence-electron chi connectivity index (χ0n) is 19.9. The van der Waals surface area contributed by atoms with Crippen molar-refractivity contribution in [3.8, 4) is 22.6 Å². The summed E-state index contributed by atoms with van der Waals surface area (Å²) in [5.41, 5.74) is 2.46. The number of thiophene rings is 1. The Labute approximate surface area is 221 Å². The fourth-order valence-electron chi connectivity index (χ4n) is 3.87. The van der Waals surface area contributed by atoms with E-state index in [-0.39, 0.29) is 18.0 Å². The maximum atomic E-state index is 12.5. The lowest BCUT2D eigenvalue weighted by molar-refractivity contribution is 0.0322. The van der Waals surface area contributed by atoms with Gasteiger partial charge in [0, 0.05) is 25.8 Å². The Kier molecular flexibility index (Phi) is 7.95. The summed E-state index contributed by atoms with van der Waals surface area (Å²) in [6.07, 6.45) is 3.33. The molecule has 192 valence electrons. The number of hydrogen-bond acceptors (Lipinski definition) is 8. The van der Waals surface area contributed by atoms with Crippen LogP contribution in [0.1, 0.15) is 15.4 Å². The van der Waals surface area contributed by atoms with E-state index in [1.165, 1.54) is 11.3 Å². The second-order valence-corrected chi connectivity index (χ2v) is 10.1. The van der Waals surface area contributed by atoms with Crippen molar-refractivity contribution >= 4 is 28.8 Å². The van der Waals surface area contributed by atoms with Crippen molar-refractivity contribution in [3.63, 3.8) is 0 Å². The molecule has 1 aliphatic heterocycles. The zero-order chi connectivity index (χ0) is 25.6. The molecular weight excluding hydrogens is 516 g/mol. The minimum atomic E-state index is -0.215. The van der Waals surface area contributed by atoms with Crippen molar-refractivity contribution in [2.24, 2.45) is 0 Å². The third-order valence-corrected chi connectivity index (χ3v) is 7.10. The second kappa shape index (κ2) is 11.7. The Morgan fingerprint density at radius 2 is 2.00 bits per heavy atom. The van der Waals surface area contributed by atoms with Gasteiger partial charge in [0.25, 0.3) is 11.5 Å². The standard InChI is InChI=1S/C25H25ClN6O4S/c26-23-6-5-22(37-23)25(34)27-14-18-16-32(30-29-18)19-3-1-17(2-4-19)21-13-20(15-28-24(21)33)36-12-9-31-7-10-35-11-8-31/h1-6,13,15-16H,7-12,14H2,(H,27,34)(H,28,33). The molecule has 12 heteroatoms. The van der Waals surface area contributed by atoms with Crippen molar-refractivity contribution in [1.82, 2.24) is 30.2 Å². The Morgan fingerprint density at radius 3 is 2.76 bits per heavy atom. The highest BCUT2D eigenvalue weighted by Gasteiger charge is 2.12. The lowest BCUT2D eigenvalue weighted by Crippen LogP contribution is -2.38. The van der Waals surface area contributed by atoms with Gasteiger partial charge in [-0.15, -0.1) is 16.4 Å². The van der Waals surface area contributed by atoms with Crippen LogP contribution in [0.2, 0.25) is 4.34 Å². The molecule has 0 unspecified atom stereocenters. The Bertz CT molecular complexity index is 1410. The van der Waals surface area contributed by atoms with Gasteiger partial charge in [-0.1, -0.05) is 28.9 Å². The molecule has 1 saturated heterocycles. The summed E-state index contributed by atoms with van der Waals surface area (Å²) in [7, 11) is 0. The number of carbonyl (C=O) groups is 1. The number of nitrogens with one attached hydrogen (secondary N) is 2.